The molecule has 1 aliphatic carbocycles. The molecular formula is C8H15NaO3. The van der Waals surface area contributed by atoms with Crippen molar-refractivity contribution in [2.75, 3.05) is 0 Å². The first-order valence-electron chi connectivity index (χ1n) is 4.13. The molecule has 12 heavy (non-hydrogen) atoms. The summed E-state index contributed by atoms with van der Waals surface area (Å²) in [5.74, 6) is -0.365. The topological polar surface area (TPSA) is 35.5 Å². The molecule has 0 aromatic heterocycles. The van der Waals surface area contributed by atoms with Gasteiger partial charge in [0.1, 0.15) is 6.10 Å². The maximum Gasteiger partial charge on any atom is 1.00 e. The summed E-state index contributed by atoms with van der Waals surface area (Å²) in [6.45, 7) is 1.35. The SMILES string of the molecule is CC(=O)OOC1CCCCC1.[H-].[Na+]. The second kappa shape index (κ2) is 6.89. The zero-order valence-corrected chi connectivity index (χ0v) is 9.84. The third kappa shape index (κ3) is 5.14. The quantitative estimate of drug-likeness (QED) is 0.310. The zero-order valence-electron chi connectivity index (χ0n) is 8.84. The average molecular weight is 182 g/mol. The van der Waals surface area contributed by atoms with Crippen molar-refractivity contribution in [2.45, 2.75) is 45.1 Å². The van der Waals surface area contributed by atoms with E-state index >= 15 is 0 Å². The fourth-order valence-electron chi connectivity index (χ4n) is 1.30. The van der Waals surface area contributed by atoms with Gasteiger partial charge >= 0.3 is 35.5 Å². The summed E-state index contributed by atoms with van der Waals surface area (Å²) >= 11 is 0. The predicted molar refractivity (Wildman–Crippen MR) is 40.8 cm³/mol. The summed E-state index contributed by atoms with van der Waals surface area (Å²) in [6.07, 6.45) is 5.84. The van der Waals surface area contributed by atoms with Crippen molar-refractivity contribution in [3.05, 3.63) is 0 Å². The summed E-state index contributed by atoms with van der Waals surface area (Å²) < 4.78 is 0. The molecule has 0 amide bonds. The van der Waals surface area contributed by atoms with Crippen molar-refractivity contribution >= 4 is 5.97 Å². The summed E-state index contributed by atoms with van der Waals surface area (Å²) in [5.41, 5.74) is 0. The van der Waals surface area contributed by atoms with E-state index in [0.717, 1.165) is 12.8 Å². The number of carbonyl (C=O) groups excluding carboxylic acids is 1. The number of carbonyl (C=O) groups is 1. The standard InChI is InChI=1S/C8H14O3.Na.H/c1-7(9)10-11-8-5-3-2-4-6-8;;/h8H,2-6H2,1H3;;/q;+1;-1. The van der Waals surface area contributed by atoms with Gasteiger partial charge in [-0.05, 0) is 12.8 Å². The maximum absolute atomic E-state index is 10.3. The average Bonchev–Trinajstić information content (AvgIpc) is 2.03. The molecule has 0 radical (unpaired) electrons. The van der Waals surface area contributed by atoms with Gasteiger partial charge in [0, 0.05) is 6.92 Å². The van der Waals surface area contributed by atoms with Crippen LogP contribution >= 0.6 is 0 Å². The third-order valence-corrected chi connectivity index (χ3v) is 1.85. The number of rotatable bonds is 2. The Kier molecular flexibility index (Phi) is 7.14. The van der Waals surface area contributed by atoms with Crippen molar-refractivity contribution in [3.8, 4) is 0 Å². The molecule has 66 valence electrons. The van der Waals surface area contributed by atoms with E-state index in [9.17, 15) is 4.79 Å². The van der Waals surface area contributed by atoms with Gasteiger partial charge in [-0.25, -0.2) is 4.79 Å². The Bertz CT molecular complexity index is 137. The third-order valence-electron chi connectivity index (χ3n) is 1.85. The van der Waals surface area contributed by atoms with Gasteiger partial charge in [0.2, 0.25) is 0 Å². The van der Waals surface area contributed by atoms with Gasteiger partial charge in [-0.2, -0.15) is 4.89 Å². The minimum Gasteiger partial charge on any atom is -1.00 e. The first-order valence-corrected chi connectivity index (χ1v) is 4.13. The molecule has 0 aromatic rings. The van der Waals surface area contributed by atoms with Gasteiger partial charge in [-0.15, -0.1) is 0 Å². The zero-order chi connectivity index (χ0) is 8.10. The van der Waals surface area contributed by atoms with Gasteiger partial charge in [-0.1, -0.05) is 19.3 Å². The molecule has 0 aromatic carbocycles. The molecule has 1 saturated carbocycles. The van der Waals surface area contributed by atoms with E-state index in [-0.39, 0.29) is 43.1 Å². The first-order chi connectivity index (χ1) is 5.29. The van der Waals surface area contributed by atoms with E-state index in [1.54, 1.807) is 0 Å². The van der Waals surface area contributed by atoms with Crippen LogP contribution in [0.15, 0.2) is 0 Å². The monoisotopic (exact) mass is 182 g/mol. The van der Waals surface area contributed by atoms with Crippen molar-refractivity contribution in [1.82, 2.24) is 0 Å². The molecule has 0 saturated heterocycles. The Morgan fingerprint density at radius 3 is 2.42 bits per heavy atom. The summed E-state index contributed by atoms with van der Waals surface area (Å²) in [7, 11) is 0. The minimum absolute atomic E-state index is 0. The molecule has 0 heterocycles. The predicted octanol–water partition coefficient (Wildman–Crippen LogP) is -1.07. The molecule has 1 aliphatic rings. The van der Waals surface area contributed by atoms with Gasteiger partial charge in [0.05, 0.1) is 0 Å². The van der Waals surface area contributed by atoms with E-state index < -0.39 is 0 Å². The summed E-state index contributed by atoms with van der Waals surface area (Å²) in [6, 6.07) is 0. The molecular weight excluding hydrogens is 167 g/mol. The molecule has 1 fully saturated rings. The van der Waals surface area contributed by atoms with Gasteiger partial charge in [0.25, 0.3) is 0 Å². The smallest absolute Gasteiger partial charge is 1.00 e. The van der Waals surface area contributed by atoms with Crippen LogP contribution in [0.25, 0.3) is 0 Å². The molecule has 1 rings (SSSR count). The van der Waals surface area contributed by atoms with E-state index in [1.165, 1.54) is 26.2 Å². The van der Waals surface area contributed by atoms with Crippen LogP contribution in [-0.2, 0) is 14.6 Å². The largest absolute Gasteiger partial charge is 1.00 e. The Hall–Kier alpha value is 0.430. The van der Waals surface area contributed by atoms with Crippen LogP contribution < -0.4 is 29.6 Å². The maximum atomic E-state index is 10.3. The number of hydrogen-bond acceptors (Lipinski definition) is 3. The second-order valence-electron chi connectivity index (χ2n) is 2.93. The minimum atomic E-state index is -0.365. The Morgan fingerprint density at radius 1 is 1.33 bits per heavy atom. The van der Waals surface area contributed by atoms with Crippen LogP contribution in [0.2, 0.25) is 0 Å². The molecule has 0 spiro atoms. The fraction of sp³-hybridized carbons (Fsp3) is 0.875. The van der Waals surface area contributed by atoms with Crippen LogP contribution in [0.4, 0.5) is 0 Å². The van der Waals surface area contributed by atoms with E-state index in [0.29, 0.717) is 0 Å². The fourth-order valence-corrected chi connectivity index (χ4v) is 1.30. The van der Waals surface area contributed by atoms with E-state index in [4.69, 9.17) is 4.89 Å². The Morgan fingerprint density at radius 2 is 1.92 bits per heavy atom. The molecule has 0 atom stereocenters. The molecule has 3 nitrogen and oxygen atoms in total. The van der Waals surface area contributed by atoms with Crippen molar-refractivity contribution in [3.63, 3.8) is 0 Å². The number of hydrogen-bond donors (Lipinski definition) is 0. The summed E-state index contributed by atoms with van der Waals surface area (Å²) in [4.78, 5) is 19.7. The van der Waals surface area contributed by atoms with Crippen molar-refractivity contribution < 1.29 is 45.6 Å². The van der Waals surface area contributed by atoms with E-state index in [1.807, 2.05) is 0 Å². The van der Waals surface area contributed by atoms with Crippen LogP contribution in [0, 0.1) is 0 Å². The van der Waals surface area contributed by atoms with Gasteiger partial charge < -0.3 is 1.43 Å². The molecule has 0 N–H and O–H groups in total. The normalized spacial score (nSPS) is 18.1. The van der Waals surface area contributed by atoms with Crippen molar-refractivity contribution in [1.29, 1.82) is 0 Å². The second-order valence-corrected chi connectivity index (χ2v) is 2.93. The Balaban J connectivity index is 0. The van der Waals surface area contributed by atoms with Crippen LogP contribution in [0.3, 0.4) is 0 Å². The first kappa shape index (κ1) is 12.4. The van der Waals surface area contributed by atoms with Crippen LogP contribution in [-0.4, -0.2) is 12.1 Å². The summed E-state index contributed by atoms with van der Waals surface area (Å²) in [5, 5.41) is 0. The van der Waals surface area contributed by atoms with Crippen molar-refractivity contribution in [2.24, 2.45) is 0 Å². The molecule has 0 aliphatic heterocycles. The van der Waals surface area contributed by atoms with Crippen LogP contribution in [0.1, 0.15) is 40.5 Å². The van der Waals surface area contributed by atoms with E-state index in [2.05, 4.69) is 4.89 Å². The molecule has 0 bridgehead atoms. The molecule has 4 heteroatoms. The Labute approximate surface area is 96.5 Å². The van der Waals surface area contributed by atoms with Gasteiger partial charge in [0.15, 0.2) is 0 Å². The van der Waals surface area contributed by atoms with Crippen LogP contribution in [0.5, 0.6) is 0 Å². The van der Waals surface area contributed by atoms with Gasteiger partial charge in [-0.3, -0.25) is 4.89 Å². The molecule has 0 unspecified atom stereocenters.